The summed E-state index contributed by atoms with van der Waals surface area (Å²) in [4.78, 5) is 31.3. The van der Waals surface area contributed by atoms with Crippen LogP contribution in [0.5, 0.6) is 0 Å². The molecule has 2 amide bonds. The van der Waals surface area contributed by atoms with Gasteiger partial charge in [0.2, 0.25) is 11.8 Å². The van der Waals surface area contributed by atoms with Gasteiger partial charge in [-0.15, -0.1) is 0 Å². The lowest BCUT2D eigenvalue weighted by molar-refractivity contribution is -0.131. The molecule has 0 radical (unpaired) electrons. The highest BCUT2D eigenvalue weighted by Crippen LogP contribution is 2.17. The summed E-state index contributed by atoms with van der Waals surface area (Å²) >= 11 is 0. The molecule has 1 aliphatic rings. The number of nitrogens with zero attached hydrogens (tertiary/aromatic N) is 3. The van der Waals surface area contributed by atoms with Gasteiger partial charge in [0.15, 0.2) is 0 Å². The van der Waals surface area contributed by atoms with Gasteiger partial charge in [0.05, 0.1) is 11.0 Å². The molecule has 7 nitrogen and oxygen atoms in total. The minimum absolute atomic E-state index is 0.0597. The second kappa shape index (κ2) is 9.68. The van der Waals surface area contributed by atoms with E-state index in [4.69, 9.17) is 9.72 Å². The van der Waals surface area contributed by atoms with Crippen LogP contribution in [-0.4, -0.2) is 59.1 Å². The SMILES string of the molecule is CCCCN(C)C(=O)Cn1c(CCNC(=O)C2CCCO2)nc2ccccc21. The first-order chi connectivity index (χ1) is 13.6. The first-order valence-electron chi connectivity index (χ1n) is 10.2. The maximum Gasteiger partial charge on any atom is 0.249 e. The maximum absolute atomic E-state index is 12.7. The predicted molar refractivity (Wildman–Crippen MR) is 108 cm³/mol. The molecule has 3 rings (SSSR count). The molecular weight excluding hydrogens is 356 g/mol. The third-order valence-electron chi connectivity index (χ3n) is 5.17. The number of carbonyl (C=O) groups is 2. The molecule has 1 aromatic heterocycles. The number of amides is 2. The van der Waals surface area contributed by atoms with Crippen molar-refractivity contribution in [1.82, 2.24) is 19.8 Å². The van der Waals surface area contributed by atoms with Crippen LogP contribution in [-0.2, 0) is 27.3 Å². The van der Waals surface area contributed by atoms with Crippen molar-refractivity contribution in [3.8, 4) is 0 Å². The van der Waals surface area contributed by atoms with Crippen LogP contribution in [0.4, 0.5) is 0 Å². The number of para-hydroxylation sites is 2. The third kappa shape index (κ3) is 4.90. The van der Waals surface area contributed by atoms with Gasteiger partial charge in [-0.1, -0.05) is 25.5 Å². The van der Waals surface area contributed by atoms with Crippen LogP contribution in [0.3, 0.4) is 0 Å². The van der Waals surface area contributed by atoms with Gasteiger partial charge in [0.1, 0.15) is 18.5 Å². The largest absolute Gasteiger partial charge is 0.368 e. The zero-order chi connectivity index (χ0) is 19.9. The zero-order valence-corrected chi connectivity index (χ0v) is 16.8. The number of nitrogens with one attached hydrogen (secondary N) is 1. The van der Waals surface area contributed by atoms with Crippen molar-refractivity contribution in [2.24, 2.45) is 0 Å². The fourth-order valence-corrected chi connectivity index (χ4v) is 3.46. The number of likely N-dealkylation sites (N-methyl/N-ethyl adjacent to an activating group) is 1. The van der Waals surface area contributed by atoms with E-state index in [9.17, 15) is 9.59 Å². The molecule has 2 heterocycles. The third-order valence-corrected chi connectivity index (χ3v) is 5.17. The van der Waals surface area contributed by atoms with Crippen LogP contribution >= 0.6 is 0 Å². The van der Waals surface area contributed by atoms with Crippen LogP contribution in [0, 0.1) is 0 Å². The van der Waals surface area contributed by atoms with E-state index in [0.717, 1.165) is 49.1 Å². The van der Waals surface area contributed by atoms with Gasteiger partial charge in [-0.3, -0.25) is 9.59 Å². The fourth-order valence-electron chi connectivity index (χ4n) is 3.46. The zero-order valence-electron chi connectivity index (χ0n) is 16.8. The van der Waals surface area contributed by atoms with Gasteiger partial charge < -0.3 is 19.5 Å². The Hall–Kier alpha value is -2.41. The molecule has 1 aliphatic heterocycles. The summed E-state index contributed by atoms with van der Waals surface area (Å²) in [6.07, 6.45) is 4.01. The Bertz CT molecular complexity index is 811. The van der Waals surface area contributed by atoms with E-state index in [1.807, 2.05) is 35.9 Å². The number of rotatable bonds is 9. The van der Waals surface area contributed by atoms with E-state index in [1.54, 1.807) is 4.90 Å². The summed E-state index contributed by atoms with van der Waals surface area (Å²) in [7, 11) is 1.85. The standard InChI is InChI=1S/C21H30N4O3/c1-3-4-13-24(2)20(26)15-25-17-9-6-5-8-16(17)23-19(25)11-12-22-21(27)18-10-7-14-28-18/h5-6,8-9,18H,3-4,7,10-15H2,1-2H3,(H,22,27). The smallest absolute Gasteiger partial charge is 0.249 e. The number of hydrogen-bond donors (Lipinski definition) is 1. The molecule has 0 spiro atoms. The van der Waals surface area contributed by atoms with Gasteiger partial charge in [-0.05, 0) is 31.4 Å². The second-order valence-corrected chi connectivity index (χ2v) is 7.31. The molecule has 0 saturated carbocycles. The minimum atomic E-state index is -0.326. The predicted octanol–water partition coefficient (Wildman–Crippen LogP) is 2.13. The highest BCUT2D eigenvalue weighted by atomic mass is 16.5. The van der Waals surface area contributed by atoms with Gasteiger partial charge in [0, 0.05) is 33.2 Å². The summed E-state index contributed by atoms with van der Waals surface area (Å²) in [6, 6.07) is 7.83. The van der Waals surface area contributed by atoms with Crippen LogP contribution in [0.2, 0.25) is 0 Å². The Kier molecular flexibility index (Phi) is 7.03. The molecule has 1 atom stereocenters. The van der Waals surface area contributed by atoms with Crippen LogP contribution in [0.25, 0.3) is 11.0 Å². The number of imidazole rings is 1. The number of unbranched alkanes of at least 4 members (excludes halogenated alkanes) is 1. The van der Waals surface area contributed by atoms with Crippen molar-refractivity contribution in [1.29, 1.82) is 0 Å². The minimum Gasteiger partial charge on any atom is -0.368 e. The molecule has 1 fully saturated rings. The molecule has 0 aliphatic carbocycles. The molecule has 28 heavy (non-hydrogen) atoms. The Balaban J connectivity index is 1.68. The fraction of sp³-hybridized carbons (Fsp3) is 0.571. The molecule has 1 N–H and O–H groups in total. The van der Waals surface area contributed by atoms with Crippen LogP contribution < -0.4 is 5.32 Å². The molecule has 0 bridgehead atoms. The number of fused-ring (bicyclic) bond motifs is 1. The Morgan fingerprint density at radius 1 is 1.36 bits per heavy atom. The molecule has 2 aromatic rings. The van der Waals surface area contributed by atoms with E-state index in [2.05, 4.69) is 12.2 Å². The Morgan fingerprint density at radius 3 is 2.93 bits per heavy atom. The van der Waals surface area contributed by atoms with Gasteiger partial charge >= 0.3 is 0 Å². The maximum atomic E-state index is 12.7. The first kappa shape index (κ1) is 20.3. The van der Waals surface area contributed by atoms with Crippen molar-refractivity contribution >= 4 is 22.8 Å². The summed E-state index contributed by atoms with van der Waals surface area (Å²) < 4.78 is 7.39. The average Bonchev–Trinajstić information content (AvgIpc) is 3.35. The van der Waals surface area contributed by atoms with E-state index in [1.165, 1.54) is 0 Å². The summed E-state index contributed by atoms with van der Waals surface area (Å²) in [6.45, 7) is 4.26. The lowest BCUT2D eigenvalue weighted by Crippen LogP contribution is -2.36. The Labute approximate surface area is 166 Å². The van der Waals surface area contributed by atoms with Gasteiger partial charge in [0.25, 0.3) is 0 Å². The highest BCUT2D eigenvalue weighted by Gasteiger charge is 2.23. The number of hydrogen-bond acceptors (Lipinski definition) is 4. The topological polar surface area (TPSA) is 76.5 Å². The van der Waals surface area contributed by atoms with Gasteiger partial charge in [-0.25, -0.2) is 4.98 Å². The van der Waals surface area contributed by atoms with Crippen molar-refractivity contribution in [3.05, 3.63) is 30.1 Å². The summed E-state index contributed by atoms with van der Waals surface area (Å²) in [5.41, 5.74) is 1.81. The summed E-state index contributed by atoms with van der Waals surface area (Å²) in [5.74, 6) is 0.822. The first-order valence-corrected chi connectivity index (χ1v) is 10.2. The highest BCUT2D eigenvalue weighted by molar-refractivity contribution is 5.82. The van der Waals surface area contributed by atoms with Crippen LogP contribution in [0.15, 0.2) is 24.3 Å². The van der Waals surface area contributed by atoms with Crippen LogP contribution in [0.1, 0.15) is 38.4 Å². The number of benzene rings is 1. The average molecular weight is 386 g/mol. The molecule has 1 aromatic carbocycles. The molecule has 1 saturated heterocycles. The lowest BCUT2D eigenvalue weighted by atomic mass is 10.2. The number of carbonyl (C=O) groups excluding carboxylic acids is 2. The van der Waals surface area contributed by atoms with Crippen molar-refractivity contribution in [2.75, 3.05) is 26.7 Å². The molecule has 7 heteroatoms. The normalized spacial score (nSPS) is 16.4. The summed E-state index contributed by atoms with van der Waals surface area (Å²) in [5, 5.41) is 2.94. The second-order valence-electron chi connectivity index (χ2n) is 7.31. The van der Waals surface area contributed by atoms with Crippen molar-refractivity contribution in [2.45, 2.75) is 51.7 Å². The van der Waals surface area contributed by atoms with E-state index in [-0.39, 0.29) is 24.5 Å². The Morgan fingerprint density at radius 2 is 2.18 bits per heavy atom. The van der Waals surface area contributed by atoms with E-state index >= 15 is 0 Å². The van der Waals surface area contributed by atoms with Crippen molar-refractivity contribution < 1.29 is 14.3 Å². The lowest BCUT2D eigenvalue weighted by Gasteiger charge is -2.18. The monoisotopic (exact) mass is 386 g/mol. The van der Waals surface area contributed by atoms with E-state index < -0.39 is 0 Å². The quantitative estimate of drug-likeness (QED) is 0.716. The molecular formula is C21H30N4O3. The van der Waals surface area contributed by atoms with Gasteiger partial charge in [-0.2, -0.15) is 0 Å². The molecule has 152 valence electrons. The molecule has 1 unspecified atom stereocenters. The number of aromatic nitrogens is 2. The van der Waals surface area contributed by atoms with E-state index in [0.29, 0.717) is 19.6 Å². The van der Waals surface area contributed by atoms with Crippen molar-refractivity contribution in [3.63, 3.8) is 0 Å². The number of ether oxygens (including phenoxy) is 1.